The van der Waals surface area contributed by atoms with Gasteiger partial charge < -0.3 is 15.2 Å². The number of aliphatic hydroxyl groups is 1. The molecule has 1 amide bonds. The van der Waals surface area contributed by atoms with Crippen molar-refractivity contribution >= 4 is 11.9 Å². The van der Waals surface area contributed by atoms with Crippen LogP contribution in [0.1, 0.15) is 39.0 Å². The number of fused-ring (bicyclic) bond motifs is 1. The Morgan fingerprint density at radius 2 is 2.10 bits per heavy atom. The molecule has 5 heteroatoms. The smallest absolute Gasteiger partial charge is 0.339 e. The summed E-state index contributed by atoms with van der Waals surface area (Å²) in [6.45, 7) is 9.01. The third kappa shape index (κ3) is 2.11. The van der Waals surface area contributed by atoms with Crippen molar-refractivity contribution < 1.29 is 19.4 Å². The standard InChI is InChI=1S/C16H23NO4/c1-4-6-7-8-10-12(18)16-14(20)21-15(16,3)11(9-5-2)13(19)17-16/h4-5,11-12,18H,1-2,6-10H2,3H3,(H,17,19)/t11-,12?,15-,16-/m0/s1. The van der Waals surface area contributed by atoms with Gasteiger partial charge in [0, 0.05) is 0 Å². The van der Waals surface area contributed by atoms with Gasteiger partial charge >= 0.3 is 5.97 Å². The van der Waals surface area contributed by atoms with Gasteiger partial charge in [-0.05, 0) is 32.6 Å². The number of carbonyl (C=O) groups excluding carboxylic acids is 2. The average molecular weight is 293 g/mol. The molecule has 0 spiro atoms. The maximum Gasteiger partial charge on any atom is 0.339 e. The number of amides is 1. The highest BCUT2D eigenvalue weighted by molar-refractivity contribution is 6.01. The summed E-state index contributed by atoms with van der Waals surface area (Å²) in [4.78, 5) is 24.2. The van der Waals surface area contributed by atoms with Crippen molar-refractivity contribution in [2.24, 2.45) is 5.92 Å². The number of carbonyl (C=O) groups is 2. The first kappa shape index (κ1) is 15.8. The predicted molar refractivity (Wildman–Crippen MR) is 78.3 cm³/mol. The minimum absolute atomic E-state index is 0.256. The number of aliphatic hydroxyl groups excluding tert-OH is 1. The molecule has 2 saturated heterocycles. The normalized spacial score (nSPS) is 35.2. The van der Waals surface area contributed by atoms with Crippen LogP contribution in [-0.2, 0) is 14.3 Å². The van der Waals surface area contributed by atoms with Gasteiger partial charge in [-0.2, -0.15) is 0 Å². The van der Waals surface area contributed by atoms with E-state index in [-0.39, 0.29) is 5.91 Å². The van der Waals surface area contributed by atoms with Crippen LogP contribution in [0.5, 0.6) is 0 Å². The Hall–Kier alpha value is -1.62. The molecule has 0 aliphatic carbocycles. The molecular formula is C16H23NO4. The van der Waals surface area contributed by atoms with E-state index in [1.54, 1.807) is 13.0 Å². The third-order valence-corrected chi connectivity index (χ3v) is 4.75. The summed E-state index contributed by atoms with van der Waals surface area (Å²) in [6, 6.07) is 0. The quantitative estimate of drug-likeness (QED) is 0.404. The molecule has 0 saturated carbocycles. The molecule has 2 aliphatic heterocycles. The lowest BCUT2D eigenvalue weighted by molar-refractivity contribution is -0.235. The van der Waals surface area contributed by atoms with E-state index >= 15 is 0 Å². The zero-order valence-corrected chi connectivity index (χ0v) is 12.4. The zero-order valence-electron chi connectivity index (χ0n) is 12.4. The van der Waals surface area contributed by atoms with E-state index in [9.17, 15) is 14.7 Å². The lowest BCUT2D eigenvalue weighted by Crippen LogP contribution is -2.79. The largest absolute Gasteiger partial charge is 0.453 e. The van der Waals surface area contributed by atoms with Crippen molar-refractivity contribution in [3.8, 4) is 0 Å². The summed E-state index contributed by atoms with van der Waals surface area (Å²) in [5, 5.41) is 13.2. The van der Waals surface area contributed by atoms with E-state index in [1.807, 2.05) is 6.08 Å². The molecule has 2 aliphatic rings. The summed E-state index contributed by atoms with van der Waals surface area (Å²) < 4.78 is 5.29. The highest BCUT2D eigenvalue weighted by Gasteiger charge is 2.78. The first-order valence-corrected chi connectivity index (χ1v) is 7.39. The molecule has 0 aromatic heterocycles. The fraction of sp³-hybridized carbons (Fsp3) is 0.625. The van der Waals surface area contributed by atoms with Crippen molar-refractivity contribution in [2.75, 3.05) is 0 Å². The first-order chi connectivity index (χ1) is 9.94. The summed E-state index contributed by atoms with van der Waals surface area (Å²) in [5.41, 5.74) is -2.29. The van der Waals surface area contributed by atoms with Crippen LogP contribution < -0.4 is 5.32 Å². The van der Waals surface area contributed by atoms with Crippen molar-refractivity contribution in [3.05, 3.63) is 25.3 Å². The summed E-state index contributed by atoms with van der Waals surface area (Å²) >= 11 is 0. The Balaban J connectivity index is 2.15. The van der Waals surface area contributed by atoms with E-state index in [0.717, 1.165) is 19.3 Å². The maximum absolute atomic E-state index is 12.1. The van der Waals surface area contributed by atoms with Crippen LogP contribution in [-0.4, -0.2) is 34.2 Å². The lowest BCUT2D eigenvalue weighted by Gasteiger charge is -2.53. The van der Waals surface area contributed by atoms with Crippen molar-refractivity contribution in [3.63, 3.8) is 0 Å². The van der Waals surface area contributed by atoms with Crippen molar-refractivity contribution in [1.29, 1.82) is 0 Å². The molecule has 5 nitrogen and oxygen atoms in total. The Morgan fingerprint density at radius 1 is 1.38 bits per heavy atom. The van der Waals surface area contributed by atoms with E-state index in [4.69, 9.17) is 4.74 Å². The van der Waals surface area contributed by atoms with Gasteiger partial charge in [-0.25, -0.2) is 4.79 Å². The molecule has 21 heavy (non-hydrogen) atoms. The molecule has 1 unspecified atom stereocenters. The lowest BCUT2D eigenvalue weighted by atomic mass is 9.67. The fourth-order valence-corrected chi connectivity index (χ4v) is 3.45. The van der Waals surface area contributed by atoms with Crippen LogP contribution in [0.3, 0.4) is 0 Å². The number of allylic oxidation sites excluding steroid dienone is 2. The first-order valence-electron chi connectivity index (χ1n) is 7.39. The Kier molecular flexibility index (Phi) is 4.23. The van der Waals surface area contributed by atoms with E-state index in [2.05, 4.69) is 18.5 Å². The summed E-state index contributed by atoms with van der Waals surface area (Å²) in [6.07, 6.45) is 5.91. The second-order valence-electron chi connectivity index (χ2n) is 5.96. The second-order valence-corrected chi connectivity index (χ2v) is 5.96. The van der Waals surface area contributed by atoms with E-state index in [1.165, 1.54) is 0 Å². The monoisotopic (exact) mass is 293 g/mol. The van der Waals surface area contributed by atoms with Gasteiger partial charge in [0.15, 0.2) is 5.60 Å². The average Bonchev–Trinajstić information content (AvgIpc) is 2.61. The van der Waals surface area contributed by atoms with Crippen LogP contribution >= 0.6 is 0 Å². The second kappa shape index (κ2) is 5.64. The minimum atomic E-state index is -1.30. The number of hydrogen-bond donors (Lipinski definition) is 2. The van der Waals surface area contributed by atoms with Crippen LogP contribution in [0.2, 0.25) is 0 Å². The van der Waals surface area contributed by atoms with Crippen LogP contribution in [0, 0.1) is 5.92 Å². The van der Waals surface area contributed by atoms with Gasteiger partial charge in [-0.1, -0.05) is 18.6 Å². The topological polar surface area (TPSA) is 75.6 Å². The number of rotatable bonds is 8. The number of esters is 1. The number of unbranched alkanes of at least 4 members (excludes halogenated alkanes) is 2. The number of hydrogen-bond acceptors (Lipinski definition) is 4. The Bertz CT molecular complexity index is 475. The van der Waals surface area contributed by atoms with Gasteiger partial charge in [0.25, 0.3) is 0 Å². The third-order valence-electron chi connectivity index (χ3n) is 4.75. The van der Waals surface area contributed by atoms with Crippen molar-refractivity contribution in [1.82, 2.24) is 5.32 Å². The minimum Gasteiger partial charge on any atom is -0.453 e. The molecular weight excluding hydrogens is 270 g/mol. The molecule has 0 aromatic rings. The molecule has 2 fully saturated rings. The summed E-state index contributed by atoms with van der Waals surface area (Å²) in [7, 11) is 0. The Labute approximate surface area is 125 Å². The molecule has 0 bridgehead atoms. The molecule has 2 heterocycles. The number of nitrogens with one attached hydrogen (secondary N) is 1. The molecule has 0 radical (unpaired) electrons. The fourth-order valence-electron chi connectivity index (χ4n) is 3.45. The van der Waals surface area contributed by atoms with Gasteiger partial charge in [0.2, 0.25) is 11.4 Å². The van der Waals surface area contributed by atoms with E-state index < -0.39 is 29.1 Å². The van der Waals surface area contributed by atoms with Gasteiger partial charge in [0.05, 0.1) is 12.0 Å². The van der Waals surface area contributed by atoms with Gasteiger partial charge in [-0.15, -0.1) is 13.2 Å². The van der Waals surface area contributed by atoms with Crippen LogP contribution in [0.15, 0.2) is 25.3 Å². The number of ether oxygens (including phenoxy) is 1. The Morgan fingerprint density at radius 3 is 2.67 bits per heavy atom. The molecule has 116 valence electrons. The molecule has 4 atom stereocenters. The highest BCUT2D eigenvalue weighted by Crippen LogP contribution is 2.52. The SMILES string of the molecule is C=CCCCCC(O)[C@@]12NC(=O)[C@H](CC=C)[C@]1(C)OC2=O. The van der Waals surface area contributed by atoms with Crippen LogP contribution in [0.4, 0.5) is 0 Å². The molecule has 2 N–H and O–H groups in total. The van der Waals surface area contributed by atoms with Crippen molar-refractivity contribution in [2.45, 2.75) is 56.3 Å². The van der Waals surface area contributed by atoms with Crippen LogP contribution in [0.25, 0.3) is 0 Å². The molecule has 2 rings (SSSR count). The predicted octanol–water partition coefficient (Wildman–Crippen LogP) is 1.47. The zero-order chi connectivity index (χ0) is 15.7. The molecule has 0 aromatic carbocycles. The van der Waals surface area contributed by atoms with E-state index in [0.29, 0.717) is 12.8 Å². The van der Waals surface area contributed by atoms with Gasteiger partial charge in [0.1, 0.15) is 0 Å². The van der Waals surface area contributed by atoms with Gasteiger partial charge in [-0.3, -0.25) is 4.79 Å². The maximum atomic E-state index is 12.1. The highest BCUT2D eigenvalue weighted by atomic mass is 16.6. The summed E-state index contributed by atoms with van der Waals surface area (Å²) in [5.74, 6) is -1.29.